The molecule has 2 unspecified atom stereocenters. The summed E-state index contributed by atoms with van der Waals surface area (Å²) in [5.74, 6) is -3.08. The van der Waals surface area contributed by atoms with Crippen molar-refractivity contribution in [2.75, 3.05) is 13.1 Å². The van der Waals surface area contributed by atoms with Crippen molar-refractivity contribution < 1.29 is 40.3 Å². The highest BCUT2D eigenvalue weighted by molar-refractivity contribution is 7.92. The number of carboxylic acid groups (broad SMARTS) is 1. The minimum absolute atomic E-state index is 0.0505. The van der Waals surface area contributed by atoms with Crippen LogP contribution in [-0.4, -0.2) is 48.9 Å². The number of benzene rings is 2. The molecular weight excluding hydrogens is 478 g/mol. The quantitative estimate of drug-likeness (QED) is 0.537. The molecule has 1 aromatic heterocycles. The van der Waals surface area contributed by atoms with E-state index in [9.17, 15) is 26.0 Å². The van der Waals surface area contributed by atoms with Crippen LogP contribution in [0, 0.1) is 5.82 Å². The second-order valence-corrected chi connectivity index (χ2v) is 10.2. The van der Waals surface area contributed by atoms with Crippen molar-refractivity contribution in [2.45, 2.75) is 28.8 Å². The molecule has 11 heteroatoms. The number of carboxylic acids is 1. The fourth-order valence-electron chi connectivity index (χ4n) is 4.36. The fraction of sp³-hybridized carbons (Fsp3) is 0.261. The van der Waals surface area contributed by atoms with Gasteiger partial charge in [0.05, 0.1) is 22.7 Å². The molecular formula is C23H19F4NO5S. The number of sulfone groups is 1. The van der Waals surface area contributed by atoms with Gasteiger partial charge in [-0.15, -0.1) is 0 Å². The molecule has 180 valence electrons. The van der Waals surface area contributed by atoms with Crippen LogP contribution >= 0.6 is 0 Å². The largest absolute Gasteiger partial charge is 0.490 e. The van der Waals surface area contributed by atoms with E-state index < -0.39 is 27.2 Å². The fourth-order valence-corrected chi connectivity index (χ4v) is 6.55. The molecule has 2 aromatic carbocycles. The van der Waals surface area contributed by atoms with Crippen molar-refractivity contribution in [3.05, 3.63) is 78.0 Å². The minimum Gasteiger partial charge on any atom is -0.475 e. The first-order chi connectivity index (χ1) is 16.0. The molecule has 0 spiro atoms. The topological polar surface area (TPSA) is 87.8 Å². The van der Waals surface area contributed by atoms with Gasteiger partial charge in [-0.2, -0.15) is 13.2 Å². The van der Waals surface area contributed by atoms with E-state index in [1.807, 2.05) is 24.3 Å². The number of likely N-dealkylation sites (tertiary alicyclic amines) is 1. The van der Waals surface area contributed by atoms with Gasteiger partial charge in [-0.25, -0.2) is 17.6 Å². The summed E-state index contributed by atoms with van der Waals surface area (Å²) in [5.41, 5.74) is 3.65. The molecule has 0 saturated carbocycles. The van der Waals surface area contributed by atoms with E-state index >= 15 is 0 Å². The van der Waals surface area contributed by atoms with Crippen LogP contribution in [0.5, 0.6) is 0 Å². The second kappa shape index (κ2) is 8.88. The molecule has 1 N–H and O–H groups in total. The van der Waals surface area contributed by atoms with E-state index in [-0.39, 0.29) is 11.7 Å². The van der Waals surface area contributed by atoms with Crippen molar-refractivity contribution in [1.82, 2.24) is 4.90 Å². The van der Waals surface area contributed by atoms with Crippen LogP contribution in [0.15, 0.2) is 70.4 Å². The number of nitrogens with zero attached hydrogens (tertiary/aromatic N) is 1. The average molecular weight is 497 g/mol. The van der Waals surface area contributed by atoms with Crippen LogP contribution in [0.2, 0.25) is 0 Å². The predicted octanol–water partition coefficient (Wildman–Crippen LogP) is 4.47. The summed E-state index contributed by atoms with van der Waals surface area (Å²) in [6, 6.07) is 13.9. The lowest BCUT2D eigenvalue weighted by molar-refractivity contribution is -0.192. The number of hydrogen-bond donors (Lipinski definition) is 1. The zero-order valence-electron chi connectivity index (χ0n) is 17.5. The molecule has 34 heavy (non-hydrogen) atoms. The third kappa shape index (κ3) is 4.71. The van der Waals surface area contributed by atoms with Crippen LogP contribution in [0.25, 0.3) is 11.1 Å². The molecule has 3 heterocycles. The number of aliphatic carboxylic acids is 1. The summed E-state index contributed by atoms with van der Waals surface area (Å²) in [6.07, 6.45) is -1.81. The summed E-state index contributed by atoms with van der Waals surface area (Å²) in [5, 5.41) is 6.70. The van der Waals surface area contributed by atoms with E-state index in [0.29, 0.717) is 24.5 Å². The SMILES string of the molecule is O=C(O)C(F)(F)F.O=S1(=O)c2ccc(-c3ccoc3)cc2C2CN(Cc3cccc(F)c3)CC21. The minimum atomic E-state index is -5.08. The molecule has 2 aliphatic heterocycles. The van der Waals surface area contributed by atoms with Crippen molar-refractivity contribution in [3.63, 3.8) is 0 Å². The molecule has 2 atom stereocenters. The van der Waals surface area contributed by atoms with Crippen molar-refractivity contribution >= 4 is 15.8 Å². The van der Waals surface area contributed by atoms with Gasteiger partial charge in [0.15, 0.2) is 9.84 Å². The summed E-state index contributed by atoms with van der Waals surface area (Å²) >= 11 is 0. The molecule has 0 radical (unpaired) electrons. The standard InChI is InChI=1S/C21H18FNO3S.C2HF3O2/c22-17-3-1-2-14(8-17)10-23-11-19-18-9-15(16-6-7-26-13-16)4-5-20(18)27(24,25)21(19)12-23;3-2(4,5)1(6)7/h1-9,13,19,21H,10-12H2;(H,6,7). The molecule has 2 aliphatic rings. The maximum absolute atomic E-state index is 13.4. The highest BCUT2D eigenvalue weighted by Crippen LogP contribution is 2.46. The summed E-state index contributed by atoms with van der Waals surface area (Å²) in [4.78, 5) is 11.5. The number of furan rings is 1. The lowest BCUT2D eigenvalue weighted by Gasteiger charge is -2.17. The van der Waals surface area contributed by atoms with Crippen LogP contribution in [0.4, 0.5) is 17.6 Å². The summed E-state index contributed by atoms with van der Waals surface area (Å²) in [6.45, 7) is 1.68. The Hall–Kier alpha value is -3.18. The van der Waals surface area contributed by atoms with E-state index in [1.54, 1.807) is 24.7 Å². The number of rotatable bonds is 3. The smallest absolute Gasteiger partial charge is 0.475 e. The van der Waals surface area contributed by atoms with Crippen LogP contribution < -0.4 is 0 Å². The van der Waals surface area contributed by atoms with Gasteiger partial charge < -0.3 is 9.52 Å². The second-order valence-electron chi connectivity index (χ2n) is 8.08. The predicted molar refractivity (Wildman–Crippen MR) is 113 cm³/mol. The third-order valence-electron chi connectivity index (χ3n) is 5.85. The third-order valence-corrected chi connectivity index (χ3v) is 8.11. The average Bonchev–Trinajstić information content (AvgIpc) is 3.47. The van der Waals surface area contributed by atoms with Gasteiger partial charge in [-0.3, -0.25) is 4.90 Å². The number of hydrogen-bond acceptors (Lipinski definition) is 5. The van der Waals surface area contributed by atoms with Gasteiger partial charge in [0.25, 0.3) is 0 Å². The molecule has 0 amide bonds. The zero-order valence-corrected chi connectivity index (χ0v) is 18.3. The summed E-state index contributed by atoms with van der Waals surface area (Å²) < 4.78 is 76.4. The van der Waals surface area contributed by atoms with E-state index in [0.717, 1.165) is 22.3 Å². The van der Waals surface area contributed by atoms with Crippen molar-refractivity contribution in [1.29, 1.82) is 0 Å². The van der Waals surface area contributed by atoms with Gasteiger partial charge in [-0.1, -0.05) is 18.2 Å². The van der Waals surface area contributed by atoms with Gasteiger partial charge in [-0.05, 0) is 47.0 Å². The number of alkyl halides is 3. The van der Waals surface area contributed by atoms with E-state index in [4.69, 9.17) is 14.3 Å². The molecule has 6 nitrogen and oxygen atoms in total. The van der Waals surface area contributed by atoms with Crippen molar-refractivity contribution in [2.24, 2.45) is 0 Å². The maximum atomic E-state index is 13.4. The summed E-state index contributed by atoms with van der Waals surface area (Å²) in [7, 11) is -3.34. The number of carbonyl (C=O) groups is 1. The molecule has 5 rings (SSSR count). The normalized spacial score (nSPS) is 20.8. The lowest BCUT2D eigenvalue weighted by Crippen LogP contribution is -2.25. The Morgan fingerprint density at radius 1 is 1.09 bits per heavy atom. The van der Waals surface area contributed by atoms with Crippen LogP contribution in [-0.2, 0) is 21.2 Å². The van der Waals surface area contributed by atoms with Crippen molar-refractivity contribution in [3.8, 4) is 11.1 Å². The Morgan fingerprint density at radius 2 is 1.82 bits per heavy atom. The molecule has 0 bridgehead atoms. The van der Waals surface area contributed by atoms with E-state index in [1.165, 1.54) is 12.1 Å². The lowest BCUT2D eigenvalue weighted by atomic mass is 9.95. The highest BCUT2D eigenvalue weighted by Gasteiger charge is 2.50. The Labute approximate surface area is 192 Å². The maximum Gasteiger partial charge on any atom is 0.490 e. The number of halogens is 4. The van der Waals surface area contributed by atoms with Gasteiger partial charge in [0.2, 0.25) is 0 Å². The Morgan fingerprint density at radius 3 is 2.44 bits per heavy atom. The van der Waals surface area contributed by atoms with E-state index in [2.05, 4.69) is 4.90 Å². The monoisotopic (exact) mass is 497 g/mol. The van der Waals surface area contributed by atoms with Gasteiger partial charge in [0, 0.05) is 31.1 Å². The molecule has 1 fully saturated rings. The molecule has 0 aliphatic carbocycles. The van der Waals surface area contributed by atoms with Crippen LogP contribution in [0.3, 0.4) is 0 Å². The first-order valence-corrected chi connectivity index (χ1v) is 11.7. The Bertz CT molecular complexity index is 1310. The van der Waals surface area contributed by atoms with Gasteiger partial charge in [0.1, 0.15) is 5.82 Å². The molecule has 3 aromatic rings. The first kappa shape index (κ1) is 24.0. The Kier molecular flexibility index (Phi) is 6.26. The highest BCUT2D eigenvalue weighted by atomic mass is 32.2. The Balaban J connectivity index is 0.000000344. The zero-order chi connectivity index (χ0) is 24.7. The first-order valence-electron chi connectivity index (χ1n) is 10.1. The van der Waals surface area contributed by atoms with Crippen LogP contribution in [0.1, 0.15) is 17.0 Å². The van der Waals surface area contributed by atoms with Gasteiger partial charge >= 0.3 is 12.1 Å². The molecule has 1 saturated heterocycles. The number of fused-ring (bicyclic) bond motifs is 3.